The van der Waals surface area contributed by atoms with Gasteiger partial charge in [-0.25, -0.2) is 4.98 Å². The van der Waals surface area contributed by atoms with Gasteiger partial charge in [-0.3, -0.25) is 0 Å². The molecule has 1 unspecified atom stereocenters. The summed E-state index contributed by atoms with van der Waals surface area (Å²) in [5.74, 6) is 0.649. The van der Waals surface area contributed by atoms with Gasteiger partial charge < -0.3 is 14.8 Å². The maximum atomic E-state index is 9.41. The molecule has 130 valence electrons. The van der Waals surface area contributed by atoms with Crippen LogP contribution in [0.1, 0.15) is 31.2 Å². The van der Waals surface area contributed by atoms with Crippen LogP contribution >= 0.6 is 0 Å². The first-order valence-electron chi connectivity index (χ1n) is 9.01. The summed E-state index contributed by atoms with van der Waals surface area (Å²) in [4.78, 5) is 4.61. The Morgan fingerprint density at radius 2 is 2.08 bits per heavy atom. The third-order valence-corrected chi connectivity index (χ3v) is 5.52. The van der Waals surface area contributed by atoms with E-state index < -0.39 is 0 Å². The maximum absolute atomic E-state index is 9.41. The second-order valence-electron chi connectivity index (χ2n) is 7.15. The van der Waals surface area contributed by atoms with E-state index in [2.05, 4.69) is 16.4 Å². The van der Waals surface area contributed by atoms with Crippen molar-refractivity contribution in [2.24, 2.45) is 5.41 Å². The molecule has 1 aromatic heterocycles. The summed E-state index contributed by atoms with van der Waals surface area (Å²) < 4.78 is 11.6. The fraction of sp³-hybridized carbons (Fsp3) is 0.500. The van der Waals surface area contributed by atoms with E-state index in [0.29, 0.717) is 23.3 Å². The van der Waals surface area contributed by atoms with Crippen LogP contribution in [0.15, 0.2) is 30.3 Å². The molecule has 2 aliphatic heterocycles. The summed E-state index contributed by atoms with van der Waals surface area (Å²) in [6.45, 7) is 3.23. The molecule has 0 aliphatic carbocycles. The molecule has 0 saturated carbocycles. The number of nitrogens with one attached hydrogen (secondary N) is 1. The van der Waals surface area contributed by atoms with Crippen molar-refractivity contribution in [3.63, 3.8) is 0 Å². The van der Waals surface area contributed by atoms with E-state index in [1.807, 2.05) is 30.3 Å². The van der Waals surface area contributed by atoms with Crippen molar-refractivity contribution in [3.8, 4) is 6.07 Å². The number of pyridine rings is 1. The monoisotopic (exact) mass is 337 g/mol. The van der Waals surface area contributed by atoms with E-state index in [0.717, 1.165) is 50.0 Å². The van der Waals surface area contributed by atoms with Crippen molar-refractivity contribution in [1.29, 1.82) is 5.26 Å². The Bertz CT molecular complexity index is 783. The molecular formula is C20H23N3O2. The SMILES string of the molecule is N#Cc1cc2ccccc2nc1NCC1CCC2(CCOCC2)CO1. The fourth-order valence-electron chi connectivity index (χ4n) is 3.82. The molecule has 2 fully saturated rings. The minimum atomic E-state index is 0.174. The van der Waals surface area contributed by atoms with E-state index in [4.69, 9.17) is 9.47 Å². The number of nitriles is 1. The lowest BCUT2D eigenvalue weighted by molar-refractivity contribution is -0.101. The van der Waals surface area contributed by atoms with Gasteiger partial charge in [0.15, 0.2) is 0 Å². The van der Waals surface area contributed by atoms with Gasteiger partial charge in [0.1, 0.15) is 11.9 Å². The largest absolute Gasteiger partial charge is 0.381 e. The quantitative estimate of drug-likeness (QED) is 0.928. The third-order valence-electron chi connectivity index (χ3n) is 5.52. The number of rotatable bonds is 3. The zero-order valence-corrected chi connectivity index (χ0v) is 14.3. The van der Waals surface area contributed by atoms with Gasteiger partial charge in [-0.2, -0.15) is 5.26 Å². The number of para-hydroxylation sites is 1. The summed E-state index contributed by atoms with van der Waals surface area (Å²) in [7, 11) is 0. The molecule has 2 aliphatic rings. The van der Waals surface area contributed by atoms with Gasteiger partial charge in [0.2, 0.25) is 0 Å². The highest BCUT2D eigenvalue weighted by atomic mass is 16.5. The molecular weight excluding hydrogens is 314 g/mol. The highest BCUT2D eigenvalue weighted by Crippen LogP contribution is 2.39. The molecule has 4 rings (SSSR count). The summed E-state index contributed by atoms with van der Waals surface area (Å²) in [5.41, 5.74) is 1.80. The average molecular weight is 337 g/mol. The van der Waals surface area contributed by atoms with Crippen LogP contribution in [0.5, 0.6) is 0 Å². The van der Waals surface area contributed by atoms with Crippen LogP contribution in [-0.2, 0) is 9.47 Å². The van der Waals surface area contributed by atoms with Gasteiger partial charge in [0.05, 0.1) is 23.8 Å². The number of hydrogen-bond donors (Lipinski definition) is 1. The molecule has 1 aromatic carbocycles. The first kappa shape index (κ1) is 16.3. The van der Waals surface area contributed by atoms with Crippen molar-refractivity contribution in [2.45, 2.75) is 31.8 Å². The lowest BCUT2D eigenvalue weighted by atomic mass is 9.75. The fourth-order valence-corrected chi connectivity index (χ4v) is 3.82. The molecule has 5 heteroatoms. The van der Waals surface area contributed by atoms with E-state index in [9.17, 15) is 5.26 Å². The average Bonchev–Trinajstić information content (AvgIpc) is 2.67. The molecule has 0 bridgehead atoms. The van der Waals surface area contributed by atoms with E-state index in [-0.39, 0.29) is 6.10 Å². The smallest absolute Gasteiger partial charge is 0.144 e. The summed E-state index contributed by atoms with van der Waals surface area (Å²) in [6, 6.07) is 12.0. The van der Waals surface area contributed by atoms with Gasteiger partial charge in [-0.05, 0) is 43.2 Å². The van der Waals surface area contributed by atoms with Crippen molar-refractivity contribution in [2.75, 3.05) is 31.7 Å². The van der Waals surface area contributed by atoms with Crippen LogP contribution in [-0.4, -0.2) is 37.5 Å². The number of benzene rings is 1. The van der Waals surface area contributed by atoms with Crippen molar-refractivity contribution in [3.05, 3.63) is 35.9 Å². The molecule has 0 amide bonds. The molecule has 3 heterocycles. The molecule has 0 radical (unpaired) electrons. The van der Waals surface area contributed by atoms with Crippen molar-refractivity contribution >= 4 is 16.7 Å². The lowest BCUT2D eigenvalue weighted by Crippen LogP contribution is -2.42. The summed E-state index contributed by atoms with van der Waals surface area (Å²) >= 11 is 0. The first-order chi connectivity index (χ1) is 12.3. The predicted molar refractivity (Wildman–Crippen MR) is 96.4 cm³/mol. The van der Waals surface area contributed by atoms with Gasteiger partial charge >= 0.3 is 0 Å². The molecule has 1 spiro atoms. The van der Waals surface area contributed by atoms with Crippen LogP contribution in [0.3, 0.4) is 0 Å². The predicted octanol–water partition coefficient (Wildman–Crippen LogP) is 3.49. The van der Waals surface area contributed by atoms with Crippen LogP contribution < -0.4 is 5.32 Å². The second-order valence-corrected chi connectivity index (χ2v) is 7.15. The zero-order valence-electron chi connectivity index (χ0n) is 14.3. The first-order valence-corrected chi connectivity index (χ1v) is 9.01. The minimum Gasteiger partial charge on any atom is -0.381 e. The molecule has 1 atom stereocenters. The number of hydrogen-bond acceptors (Lipinski definition) is 5. The van der Waals surface area contributed by atoms with Crippen LogP contribution in [0.25, 0.3) is 10.9 Å². The standard InChI is InChI=1S/C20H23N3O2/c21-12-16-11-15-3-1-2-4-18(15)23-19(16)22-13-17-5-6-20(14-25-17)7-9-24-10-8-20/h1-4,11,17H,5-10,13-14H2,(H,22,23). The zero-order chi connectivity index (χ0) is 17.1. The van der Waals surface area contributed by atoms with Crippen LogP contribution in [0.4, 0.5) is 5.82 Å². The van der Waals surface area contributed by atoms with E-state index in [1.54, 1.807) is 0 Å². The molecule has 5 nitrogen and oxygen atoms in total. The van der Waals surface area contributed by atoms with Crippen molar-refractivity contribution in [1.82, 2.24) is 4.98 Å². The summed E-state index contributed by atoms with van der Waals surface area (Å²) in [6.07, 6.45) is 4.63. The Balaban J connectivity index is 1.40. The Morgan fingerprint density at radius 3 is 2.84 bits per heavy atom. The highest BCUT2D eigenvalue weighted by Gasteiger charge is 2.37. The molecule has 2 aromatic rings. The Kier molecular flexibility index (Phi) is 4.56. The van der Waals surface area contributed by atoms with E-state index in [1.165, 1.54) is 6.42 Å². The van der Waals surface area contributed by atoms with Crippen molar-refractivity contribution < 1.29 is 9.47 Å². The van der Waals surface area contributed by atoms with Gasteiger partial charge in [-0.15, -0.1) is 0 Å². The molecule has 2 saturated heterocycles. The topological polar surface area (TPSA) is 67.2 Å². The van der Waals surface area contributed by atoms with Gasteiger partial charge in [0, 0.05) is 25.1 Å². The minimum absolute atomic E-state index is 0.174. The Hall–Kier alpha value is -2.16. The Labute approximate surface area is 148 Å². The number of nitrogens with zero attached hydrogens (tertiary/aromatic N) is 2. The highest BCUT2D eigenvalue weighted by molar-refractivity contribution is 5.82. The number of anilines is 1. The number of aromatic nitrogens is 1. The van der Waals surface area contributed by atoms with Gasteiger partial charge in [-0.1, -0.05) is 18.2 Å². The molecule has 25 heavy (non-hydrogen) atoms. The molecule has 1 N–H and O–H groups in total. The number of ether oxygens (including phenoxy) is 2. The van der Waals surface area contributed by atoms with E-state index >= 15 is 0 Å². The third kappa shape index (κ3) is 3.46. The maximum Gasteiger partial charge on any atom is 0.144 e. The van der Waals surface area contributed by atoms with Crippen LogP contribution in [0.2, 0.25) is 0 Å². The number of fused-ring (bicyclic) bond motifs is 1. The second kappa shape index (κ2) is 6.99. The summed E-state index contributed by atoms with van der Waals surface area (Å²) in [5, 5.41) is 13.7. The Morgan fingerprint density at radius 1 is 1.24 bits per heavy atom. The lowest BCUT2D eigenvalue weighted by Gasteiger charge is -2.42. The van der Waals surface area contributed by atoms with Gasteiger partial charge in [0.25, 0.3) is 0 Å². The normalized spacial score (nSPS) is 22.6. The van der Waals surface area contributed by atoms with Crippen LogP contribution in [0, 0.1) is 16.7 Å².